The number of aromatic nitrogens is 2. The van der Waals surface area contributed by atoms with Gasteiger partial charge in [-0.25, -0.2) is 4.98 Å². The molecule has 90 valence electrons. The standard InChI is InChI=1S/C13H17N3O/c1-10(2)17-12-5-3-4-11(8-12)9-16-7-6-15-13(16)14/h3-8,10H,9H2,1-2H3,(H2,14,15). The molecule has 0 saturated heterocycles. The Bertz CT molecular complexity index is 491. The van der Waals surface area contributed by atoms with Crippen LogP contribution in [-0.4, -0.2) is 15.7 Å². The molecule has 2 rings (SSSR count). The van der Waals surface area contributed by atoms with Gasteiger partial charge in [0, 0.05) is 12.4 Å². The highest BCUT2D eigenvalue weighted by molar-refractivity contribution is 5.30. The molecule has 0 bridgehead atoms. The van der Waals surface area contributed by atoms with E-state index in [-0.39, 0.29) is 6.10 Å². The highest BCUT2D eigenvalue weighted by Gasteiger charge is 2.02. The molecule has 0 fully saturated rings. The molecule has 0 aliphatic carbocycles. The average Bonchev–Trinajstić information content (AvgIpc) is 2.64. The first-order chi connectivity index (χ1) is 8.15. The van der Waals surface area contributed by atoms with Crippen LogP contribution in [0.3, 0.4) is 0 Å². The largest absolute Gasteiger partial charge is 0.491 e. The maximum absolute atomic E-state index is 5.73. The normalized spacial score (nSPS) is 10.8. The van der Waals surface area contributed by atoms with Gasteiger partial charge in [-0.1, -0.05) is 12.1 Å². The van der Waals surface area contributed by atoms with Crippen LogP contribution in [0.2, 0.25) is 0 Å². The zero-order valence-electron chi connectivity index (χ0n) is 10.1. The van der Waals surface area contributed by atoms with E-state index >= 15 is 0 Å². The molecule has 4 heteroatoms. The molecule has 4 nitrogen and oxygen atoms in total. The van der Waals surface area contributed by atoms with Gasteiger partial charge >= 0.3 is 0 Å². The van der Waals surface area contributed by atoms with Gasteiger partial charge in [0.05, 0.1) is 12.6 Å². The molecule has 0 radical (unpaired) electrons. The molecule has 0 amide bonds. The number of nitrogens with two attached hydrogens (primary N) is 1. The Hall–Kier alpha value is -1.97. The third-order valence-electron chi connectivity index (χ3n) is 2.37. The van der Waals surface area contributed by atoms with Crippen LogP contribution in [0.15, 0.2) is 36.7 Å². The average molecular weight is 231 g/mol. The van der Waals surface area contributed by atoms with Crippen molar-refractivity contribution in [2.75, 3.05) is 5.73 Å². The summed E-state index contributed by atoms with van der Waals surface area (Å²) < 4.78 is 7.55. The van der Waals surface area contributed by atoms with Crippen molar-refractivity contribution in [3.05, 3.63) is 42.2 Å². The quantitative estimate of drug-likeness (QED) is 0.878. The van der Waals surface area contributed by atoms with E-state index in [1.807, 2.05) is 48.9 Å². The second-order valence-electron chi connectivity index (χ2n) is 4.23. The maximum Gasteiger partial charge on any atom is 0.200 e. The summed E-state index contributed by atoms with van der Waals surface area (Å²) in [4.78, 5) is 3.99. The summed E-state index contributed by atoms with van der Waals surface area (Å²) in [6, 6.07) is 8.02. The van der Waals surface area contributed by atoms with Crippen molar-refractivity contribution in [1.82, 2.24) is 9.55 Å². The molecule has 0 aliphatic heterocycles. The first kappa shape index (κ1) is 11.5. The Balaban J connectivity index is 2.14. The van der Waals surface area contributed by atoms with Crippen LogP contribution in [0.5, 0.6) is 5.75 Å². The number of imidazole rings is 1. The molecule has 2 aromatic rings. The van der Waals surface area contributed by atoms with Crippen LogP contribution >= 0.6 is 0 Å². The summed E-state index contributed by atoms with van der Waals surface area (Å²) in [7, 11) is 0. The van der Waals surface area contributed by atoms with E-state index in [1.54, 1.807) is 6.20 Å². The smallest absolute Gasteiger partial charge is 0.200 e. The Morgan fingerprint density at radius 1 is 1.41 bits per heavy atom. The minimum Gasteiger partial charge on any atom is -0.491 e. The van der Waals surface area contributed by atoms with E-state index in [2.05, 4.69) is 4.98 Å². The van der Waals surface area contributed by atoms with Gasteiger partial charge < -0.3 is 15.0 Å². The lowest BCUT2D eigenvalue weighted by atomic mass is 10.2. The summed E-state index contributed by atoms with van der Waals surface area (Å²) in [5.74, 6) is 1.41. The van der Waals surface area contributed by atoms with E-state index in [1.165, 1.54) is 0 Å². The monoisotopic (exact) mass is 231 g/mol. The minimum absolute atomic E-state index is 0.184. The molecular formula is C13H17N3O. The number of anilines is 1. The van der Waals surface area contributed by atoms with Crippen LogP contribution in [0, 0.1) is 0 Å². The summed E-state index contributed by atoms with van der Waals surface area (Å²) in [6.07, 6.45) is 3.75. The molecule has 1 aromatic carbocycles. The molecule has 0 saturated carbocycles. The SMILES string of the molecule is CC(C)Oc1cccc(Cn2ccnc2N)c1. The molecule has 1 aromatic heterocycles. The number of rotatable bonds is 4. The van der Waals surface area contributed by atoms with Gasteiger partial charge in [-0.3, -0.25) is 0 Å². The van der Waals surface area contributed by atoms with Crippen molar-refractivity contribution >= 4 is 5.95 Å². The van der Waals surface area contributed by atoms with E-state index in [0.29, 0.717) is 12.5 Å². The van der Waals surface area contributed by atoms with Crippen LogP contribution < -0.4 is 10.5 Å². The molecular weight excluding hydrogens is 214 g/mol. The third-order valence-corrected chi connectivity index (χ3v) is 2.37. The lowest BCUT2D eigenvalue weighted by Gasteiger charge is -2.11. The van der Waals surface area contributed by atoms with E-state index in [9.17, 15) is 0 Å². The van der Waals surface area contributed by atoms with Crippen molar-refractivity contribution in [1.29, 1.82) is 0 Å². The number of nitrogen functional groups attached to an aromatic ring is 1. The van der Waals surface area contributed by atoms with Crippen LogP contribution in [0.4, 0.5) is 5.95 Å². The zero-order valence-corrected chi connectivity index (χ0v) is 10.1. The highest BCUT2D eigenvalue weighted by atomic mass is 16.5. The van der Waals surface area contributed by atoms with Crippen LogP contribution in [-0.2, 0) is 6.54 Å². The first-order valence-corrected chi connectivity index (χ1v) is 5.67. The number of hydrogen-bond donors (Lipinski definition) is 1. The highest BCUT2D eigenvalue weighted by Crippen LogP contribution is 2.16. The van der Waals surface area contributed by atoms with E-state index < -0.39 is 0 Å². The Morgan fingerprint density at radius 3 is 2.88 bits per heavy atom. The lowest BCUT2D eigenvalue weighted by Crippen LogP contribution is -2.07. The Labute approximate surface area is 101 Å². The Morgan fingerprint density at radius 2 is 2.24 bits per heavy atom. The predicted molar refractivity (Wildman–Crippen MR) is 67.9 cm³/mol. The first-order valence-electron chi connectivity index (χ1n) is 5.67. The summed E-state index contributed by atoms with van der Waals surface area (Å²) >= 11 is 0. The minimum atomic E-state index is 0.184. The van der Waals surface area contributed by atoms with Crippen molar-refractivity contribution in [3.63, 3.8) is 0 Å². The summed E-state index contributed by atoms with van der Waals surface area (Å²) in [6.45, 7) is 4.74. The fourth-order valence-corrected chi connectivity index (χ4v) is 1.66. The Kier molecular flexibility index (Phi) is 3.32. The van der Waals surface area contributed by atoms with Gasteiger partial charge in [0.15, 0.2) is 5.95 Å². The van der Waals surface area contributed by atoms with Crippen molar-refractivity contribution in [3.8, 4) is 5.75 Å². The molecule has 17 heavy (non-hydrogen) atoms. The van der Waals surface area contributed by atoms with E-state index in [4.69, 9.17) is 10.5 Å². The zero-order chi connectivity index (χ0) is 12.3. The number of benzene rings is 1. The molecule has 0 unspecified atom stereocenters. The van der Waals surface area contributed by atoms with Gasteiger partial charge in [-0.2, -0.15) is 0 Å². The lowest BCUT2D eigenvalue weighted by molar-refractivity contribution is 0.242. The van der Waals surface area contributed by atoms with Gasteiger partial charge in [-0.05, 0) is 31.5 Å². The topological polar surface area (TPSA) is 53.1 Å². The van der Waals surface area contributed by atoms with Crippen molar-refractivity contribution in [2.45, 2.75) is 26.5 Å². The van der Waals surface area contributed by atoms with E-state index in [0.717, 1.165) is 11.3 Å². The number of hydrogen-bond acceptors (Lipinski definition) is 3. The third kappa shape index (κ3) is 3.00. The van der Waals surface area contributed by atoms with Crippen LogP contribution in [0.1, 0.15) is 19.4 Å². The molecule has 2 N–H and O–H groups in total. The number of ether oxygens (including phenoxy) is 1. The van der Waals surface area contributed by atoms with Crippen molar-refractivity contribution < 1.29 is 4.74 Å². The summed E-state index contributed by atoms with van der Waals surface area (Å²) in [5.41, 5.74) is 6.87. The second kappa shape index (κ2) is 4.91. The molecule has 0 atom stereocenters. The van der Waals surface area contributed by atoms with Gasteiger partial charge in [-0.15, -0.1) is 0 Å². The second-order valence-corrected chi connectivity index (χ2v) is 4.23. The molecule has 1 heterocycles. The van der Waals surface area contributed by atoms with Gasteiger partial charge in [0.25, 0.3) is 0 Å². The van der Waals surface area contributed by atoms with Crippen molar-refractivity contribution in [2.24, 2.45) is 0 Å². The molecule has 0 aliphatic rings. The maximum atomic E-state index is 5.73. The fourth-order valence-electron chi connectivity index (χ4n) is 1.66. The summed E-state index contributed by atoms with van der Waals surface area (Å²) in [5, 5.41) is 0. The predicted octanol–water partition coefficient (Wildman–Crippen LogP) is 2.30. The number of nitrogens with zero attached hydrogens (tertiary/aromatic N) is 2. The molecule has 0 spiro atoms. The van der Waals surface area contributed by atoms with Gasteiger partial charge in [0.2, 0.25) is 0 Å². The fraction of sp³-hybridized carbons (Fsp3) is 0.308. The van der Waals surface area contributed by atoms with Gasteiger partial charge in [0.1, 0.15) is 5.75 Å². The van der Waals surface area contributed by atoms with Crippen LogP contribution in [0.25, 0.3) is 0 Å².